The number of aromatic carboxylic acids is 1. The molecule has 0 aromatic carbocycles. The summed E-state index contributed by atoms with van der Waals surface area (Å²) in [7, 11) is 0. The summed E-state index contributed by atoms with van der Waals surface area (Å²) in [6.07, 6.45) is 2.00. The Morgan fingerprint density at radius 3 is 2.48 bits per heavy atom. The Kier molecular flexibility index (Phi) is 4.16. The lowest BCUT2D eigenvalue weighted by Gasteiger charge is -2.22. The topological polar surface area (TPSA) is 79.6 Å². The predicted octanol–water partition coefficient (Wildman–Crippen LogP) is 1.17. The van der Waals surface area contributed by atoms with E-state index in [-0.39, 0.29) is 24.1 Å². The zero-order chi connectivity index (χ0) is 15.7. The summed E-state index contributed by atoms with van der Waals surface area (Å²) in [5.41, 5.74) is 0.147. The fourth-order valence-electron chi connectivity index (χ4n) is 2.63. The molecule has 1 amide bonds. The number of carbonyl (C=O) groups excluding carboxylic acids is 1. The van der Waals surface area contributed by atoms with E-state index in [1.165, 1.54) is 4.57 Å². The number of likely N-dealkylation sites (N-methyl/N-ethyl adjacent to an activating group) is 1. The molecular weight excluding hydrogens is 272 g/mol. The molecule has 1 aromatic rings. The van der Waals surface area contributed by atoms with E-state index < -0.39 is 11.5 Å². The minimum Gasteiger partial charge on any atom is -0.477 e. The highest BCUT2D eigenvalue weighted by molar-refractivity contribution is 5.89. The first kappa shape index (κ1) is 15.3. The molecule has 1 aliphatic carbocycles. The number of carboxylic acids is 1. The number of carbonyl (C=O) groups is 2. The number of nitrogens with zero attached hydrogens (tertiary/aromatic N) is 2. The molecule has 1 fully saturated rings. The lowest BCUT2D eigenvalue weighted by Crippen LogP contribution is -2.39. The van der Waals surface area contributed by atoms with Gasteiger partial charge < -0.3 is 14.6 Å². The zero-order valence-electron chi connectivity index (χ0n) is 12.5. The van der Waals surface area contributed by atoms with Gasteiger partial charge in [0.25, 0.3) is 5.56 Å². The molecule has 1 heterocycles. The number of hydrogen-bond acceptors (Lipinski definition) is 3. The van der Waals surface area contributed by atoms with Gasteiger partial charge in [-0.25, -0.2) is 4.79 Å². The standard InChI is InChI=1S/C15H20N2O4/c1-4-16(11-5-6-11)12(18)8-17-10(3)7-9(2)13(14(17)19)15(20)21/h7,11H,4-6,8H2,1-3H3,(H,20,21). The van der Waals surface area contributed by atoms with Gasteiger partial charge in [-0.15, -0.1) is 0 Å². The van der Waals surface area contributed by atoms with Gasteiger partial charge in [0.05, 0.1) is 0 Å². The molecule has 0 bridgehead atoms. The number of hydrogen-bond donors (Lipinski definition) is 1. The van der Waals surface area contributed by atoms with Crippen LogP contribution in [-0.4, -0.2) is 39.0 Å². The smallest absolute Gasteiger partial charge is 0.341 e. The summed E-state index contributed by atoms with van der Waals surface area (Å²) < 4.78 is 1.25. The van der Waals surface area contributed by atoms with Crippen LogP contribution in [0, 0.1) is 13.8 Å². The minimum absolute atomic E-state index is 0.102. The second-order valence-corrected chi connectivity index (χ2v) is 5.45. The summed E-state index contributed by atoms with van der Waals surface area (Å²) in [4.78, 5) is 37.6. The first-order chi connectivity index (χ1) is 9.86. The SMILES string of the molecule is CCN(C(=O)Cn1c(C)cc(C)c(C(=O)O)c1=O)C1CC1. The molecule has 0 radical (unpaired) electrons. The zero-order valence-corrected chi connectivity index (χ0v) is 12.5. The molecule has 0 spiro atoms. The maximum absolute atomic E-state index is 12.3. The second-order valence-electron chi connectivity index (χ2n) is 5.45. The summed E-state index contributed by atoms with van der Waals surface area (Å²) >= 11 is 0. The summed E-state index contributed by atoms with van der Waals surface area (Å²) in [6, 6.07) is 1.91. The second kappa shape index (κ2) is 5.71. The van der Waals surface area contributed by atoms with Crippen LogP contribution >= 0.6 is 0 Å². The van der Waals surface area contributed by atoms with Gasteiger partial charge in [-0.2, -0.15) is 0 Å². The van der Waals surface area contributed by atoms with Crippen LogP contribution in [0.2, 0.25) is 0 Å². The Bertz CT molecular complexity index is 644. The number of amides is 1. The summed E-state index contributed by atoms with van der Waals surface area (Å²) in [5, 5.41) is 9.14. The van der Waals surface area contributed by atoms with E-state index in [0.29, 0.717) is 17.8 Å². The van der Waals surface area contributed by atoms with Crippen molar-refractivity contribution in [1.29, 1.82) is 0 Å². The monoisotopic (exact) mass is 292 g/mol. The molecule has 114 valence electrons. The normalized spacial score (nSPS) is 14.0. The van der Waals surface area contributed by atoms with Crippen LogP contribution in [0.25, 0.3) is 0 Å². The number of pyridine rings is 1. The molecule has 0 saturated heterocycles. The predicted molar refractivity (Wildman–Crippen MR) is 77.5 cm³/mol. The molecular formula is C15H20N2O4. The van der Waals surface area contributed by atoms with Gasteiger partial charge in [0.2, 0.25) is 5.91 Å². The van der Waals surface area contributed by atoms with Crippen molar-refractivity contribution < 1.29 is 14.7 Å². The molecule has 6 heteroatoms. The van der Waals surface area contributed by atoms with Crippen LogP contribution in [-0.2, 0) is 11.3 Å². The van der Waals surface area contributed by atoms with Gasteiger partial charge in [0.15, 0.2) is 0 Å². The van der Waals surface area contributed by atoms with Gasteiger partial charge in [0.1, 0.15) is 12.1 Å². The van der Waals surface area contributed by atoms with E-state index in [4.69, 9.17) is 5.11 Å². The Labute approximate surface area is 123 Å². The number of aryl methyl sites for hydroxylation is 2. The molecule has 21 heavy (non-hydrogen) atoms. The maximum atomic E-state index is 12.3. The van der Waals surface area contributed by atoms with Gasteiger partial charge in [-0.1, -0.05) is 0 Å². The Balaban J connectivity index is 2.35. The van der Waals surface area contributed by atoms with Crippen LogP contribution in [0.1, 0.15) is 41.4 Å². The first-order valence-corrected chi connectivity index (χ1v) is 7.10. The van der Waals surface area contributed by atoms with Crippen molar-refractivity contribution >= 4 is 11.9 Å². The average molecular weight is 292 g/mol. The van der Waals surface area contributed by atoms with E-state index in [2.05, 4.69) is 0 Å². The molecule has 0 atom stereocenters. The van der Waals surface area contributed by atoms with Gasteiger partial charge in [0, 0.05) is 18.3 Å². The molecule has 6 nitrogen and oxygen atoms in total. The molecule has 0 aliphatic heterocycles. The van der Waals surface area contributed by atoms with Crippen LogP contribution < -0.4 is 5.56 Å². The van der Waals surface area contributed by atoms with Crippen molar-refractivity contribution in [3.8, 4) is 0 Å². The van der Waals surface area contributed by atoms with E-state index in [9.17, 15) is 14.4 Å². The molecule has 2 rings (SSSR count). The lowest BCUT2D eigenvalue weighted by atomic mass is 10.1. The van der Waals surface area contributed by atoms with E-state index >= 15 is 0 Å². The fraction of sp³-hybridized carbons (Fsp3) is 0.533. The summed E-state index contributed by atoms with van der Waals surface area (Å²) in [5.74, 6) is -1.39. The van der Waals surface area contributed by atoms with Crippen molar-refractivity contribution in [2.24, 2.45) is 0 Å². The van der Waals surface area contributed by atoms with Gasteiger partial charge in [-0.3, -0.25) is 9.59 Å². The fourth-order valence-corrected chi connectivity index (χ4v) is 2.63. The number of rotatable bonds is 5. The highest BCUT2D eigenvalue weighted by Crippen LogP contribution is 2.26. The molecule has 0 unspecified atom stereocenters. The van der Waals surface area contributed by atoms with Crippen molar-refractivity contribution in [3.63, 3.8) is 0 Å². The van der Waals surface area contributed by atoms with Crippen LogP contribution in [0.4, 0.5) is 0 Å². The van der Waals surface area contributed by atoms with Crippen molar-refractivity contribution in [2.45, 2.75) is 46.2 Å². The van der Waals surface area contributed by atoms with E-state index in [0.717, 1.165) is 12.8 Å². The molecule has 1 saturated carbocycles. The van der Waals surface area contributed by atoms with E-state index in [1.54, 1.807) is 24.8 Å². The Morgan fingerprint density at radius 2 is 2.00 bits per heavy atom. The maximum Gasteiger partial charge on any atom is 0.341 e. The molecule has 1 N–H and O–H groups in total. The largest absolute Gasteiger partial charge is 0.477 e. The van der Waals surface area contributed by atoms with Crippen molar-refractivity contribution in [3.05, 3.63) is 33.2 Å². The third-order valence-electron chi connectivity index (χ3n) is 3.86. The van der Waals surface area contributed by atoms with Crippen molar-refractivity contribution in [1.82, 2.24) is 9.47 Å². The van der Waals surface area contributed by atoms with Crippen LogP contribution in [0.3, 0.4) is 0 Å². The lowest BCUT2D eigenvalue weighted by molar-refractivity contribution is -0.132. The number of carboxylic acid groups (broad SMARTS) is 1. The van der Waals surface area contributed by atoms with Crippen LogP contribution in [0.15, 0.2) is 10.9 Å². The highest BCUT2D eigenvalue weighted by Gasteiger charge is 2.31. The quantitative estimate of drug-likeness (QED) is 0.883. The van der Waals surface area contributed by atoms with Gasteiger partial charge >= 0.3 is 5.97 Å². The average Bonchev–Trinajstić information content (AvgIpc) is 3.19. The van der Waals surface area contributed by atoms with Crippen LogP contribution in [0.5, 0.6) is 0 Å². The van der Waals surface area contributed by atoms with E-state index in [1.807, 2.05) is 6.92 Å². The number of aromatic nitrogens is 1. The molecule has 1 aromatic heterocycles. The Morgan fingerprint density at radius 1 is 1.38 bits per heavy atom. The van der Waals surface area contributed by atoms with Gasteiger partial charge in [-0.05, 0) is 45.2 Å². The Hall–Kier alpha value is -2.11. The first-order valence-electron chi connectivity index (χ1n) is 7.10. The minimum atomic E-state index is -1.26. The molecule has 1 aliphatic rings. The van der Waals surface area contributed by atoms with Crippen molar-refractivity contribution in [2.75, 3.05) is 6.54 Å². The summed E-state index contributed by atoms with van der Waals surface area (Å²) in [6.45, 7) is 5.71. The highest BCUT2D eigenvalue weighted by atomic mass is 16.4. The third-order valence-corrected chi connectivity index (χ3v) is 3.86. The third kappa shape index (κ3) is 2.99.